The molecule has 0 aliphatic carbocycles. The largest absolute Gasteiger partial charge is 0.444 e. The van der Waals surface area contributed by atoms with Crippen LogP contribution in [0.3, 0.4) is 0 Å². The highest BCUT2D eigenvalue weighted by Crippen LogP contribution is 2.26. The molecule has 0 radical (unpaired) electrons. The van der Waals surface area contributed by atoms with Crippen LogP contribution < -0.4 is 10.6 Å². The summed E-state index contributed by atoms with van der Waals surface area (Å²) in [4.78, 5) is 6.60. The lowest BCUT2D eigenvalue weighted by Gasteiger charge is -2.18. The smallest absolute Gasteiger partial charge is 0.226 e. The van der Waals surface area contributed by atoms with Gasteiger partial charge in [-0.1, -0.05) is 13.8 Å². The first kappa shape index (κ1) is 13.6. The Morgan fingerprint density at radius 3 is 2.37 bits per heavy atom. The van der Waals surface area contributed by atoms with Crippen LogP contribution in [0.4, 0.5) is 5.69 Å². The Kier molecular flexibility index (Phi) is 3.62. The van der Waals surface area contributed by atoms with Gasteiger partial charge in [-0.2, -0.15) is 0 Å². The quantitative estimate of drug-likeness (QED) is 0.917. The average molecular weight is 259 g/mol. The molecule has 0 fully saturated rings. The fraction of sp³-hybridized carbons (Fsp3) is 0.400. The van der Waals surface area contributed by atoms with E-state index in [-0.39, 0.29) is 5.41 Å². The standard InChI is InChI=1S/C15H21N3O/c1-15(2,10-16)13-9-19-14(17-13)11-5-7-12(8-6-11)18(3)4/h5-9H,10,16H2,1-4H3. The maximum atomic E-state index is 5.75. The van der Waals surface area contributed by atoms with E-state index in [1.807, 2.05) is 38.4 Å². The number of hydrogen-bond acceptors (Lipinski definition) is 4. The van der Waals surface area contributed by atoms with E-state index in [0.29, 0.717) is 12.4 Å². The molecule has 2 aromatic rings. The molecule has 102 valence electrons. The number of aromatic nitrogens is 1. The van der Waals surface area contributed by atoms with Gasteiger partial charge in [0.1, 0.15) is 6.26 Å². The van der Waals surface area contributed by atoms with Crippen molar-refractivity contribution in [3.63, 3.8) is 0 Å². The molecule has 19 heavy (non-hydrogen) atoms. The van der Waals surface area contributed by atoms with Crippen LogP contribution in [0.1, 0.15) is 19.5 Å². The van der Waals surface area contributed by atoms with Crippen LogP contribution >= 0.6 is 0 Å². The average Bonchev–Trinajstić information content (AvgIpc) is 2.89. The molecule has 0 aliphatic rings. The number of nitrogens with zero attached hydrogens (tertiary/aromatic N) is 2. The summed E-state index contributed by atoms with van der Waals surface area (Å²) in [5, 5.41) is 0. The van der Waals surface area contributed by atoms with Gasteiger partial charge in [0.25, 0.3) is 0 Å². The molecule has 1 aromatic heterocycles. The van der Waals surface area contributed by atoms with Crippen molar-refractivity contribution in [2.24, 2.45) is 5.73 Å². The van der Waals surface area contributed by atoms with Gasteiger partial charge in [0.2, 0.25) is 5.89 Å². The van der Waals surface area contributed by atoms with E-state index in [1.54, 1.807) is 6.26 Å². The van der Waals surface area contributed by atoms with E-state index < -0.39 is 0 Å². The summed E-state index contributed by atoms with van der Waals surface area (Å²) in [5.41, 5.74) is 8.61. The normalized spacial score (nSPS) is 11.6. The second-order valence-electron chi connectivity index (χ2n) is 5.57. The van der Waals surface area contributed by atoms with E-state index in [2.05, 4.69) is 23.7 Å². The first-order valence-electron chi connectivity index (χ1n) is 6.38. The molecule has 0 unspecified atom stereocenters. The molecule has 2 rings (SSSR count). The van der Waals surface area contributed by atoms with Crippen LogP contribution in [0.25, 0.3) is 11.5 Å². The first-order valence-corrected chi connectivity index (χ1v) is 6.38. The molecular weight excluding hydrogens is 238 g/mol. The zero-order valence-corrected chi connectivity index (χ0v) is 12.0. The first-order chi connectivity index (χ1) is 8.94. The van der Waals surface area contributed by atoms with E-state index in [9.17, 15) is 0 Å². The third-order valence-corrected chi connectivity index (χ3v) is 3.34. The van der Waals surface area contributed by atoms with Crippen LogP contribution in [0, 0.1) is 0 Å². The van der Waals surface area contributed by atoms with Crippen molar-refractivity contribution in [1.29, 1.82) is 0 Å². The Hall–Kier alpha value is -1.81. The fourth-order valence-electron chi connectivity index (χ4n) is 1.72. The molecule has 0 spiro atoms. The Bertz CT molecular complexity index is 541. The van der Waals surface area contributed by atoms with Gasteiger partial charge < -0.3 is 15.1 Å². The van der Waals surface area contributed by atoms with Crippen molar-refractivity contribution in [1.82, 2.24) is 4.98 Å². The summed E-state index contributed by atoms with van der Waals surface area (Å²) in [6, 6.07) is 8.13. The van der Waals surface area contributed by atoms with Gasteiger partial charge in [0, 0.05) is 37.3 Å². The predicted octanol–water partition coefficient (Wildman–Crippen LogP) is 2.64. The van der Waals surface area contributed by atoms with E-state index in [1.165, 1.54) is 0 Å². The third-order valence-electron chi connectivity index (χ3n) is 3.34. The Balaban J connectivity index is 2.28. The van der Waals surface area contributed by atoms with Crippen LogP contribution in [0.5, 0.6) is 0 Å². The van der Waals surface area contributed by atoms with Gasteiger partial charge in [-0.05, 0) is 24.3 Å². The molecule has 0 saturated carbocycles. The molecule has 0 atom stereocenters. The SMILES string of the molecule is CN(C)c1ccc(-c2nc(C(C)(C)CN)co2)cc1. The molecule has 0 aliphatic heterocycles. The van der Waals surface area contributed by atoms with Gasteiger partial charge >= 0.3 is 0 Å². The van der Waals surface area contributed by atoms with Crippen molar-refractivity contribution in [2.45, 2.75) is 19.3 Å². The summed E-state index contributed by atoms with van der Waals surface area (Å²) < 4.78 is 5.56. The van der Waals surface area contributed by atoms with Gasteiger partial charge in [0.15, 0.2) is 0 Å². The number of rotatable bonds is 4. The van der Waals surface area contributed by atoms with Crippen molar-refractivity contribution >= 4 is 5.69 Å². The van der Waals surface area contributed by atoms with Gasteiger partial charge in [-0.25, -0.2) is 4.98 Å². The predicted molar refractivity (Wildman–Crippen MR) is 78.3 cm³/mol. The number of hydrogen-bond donors (Lipinski definition) is 1. The Morgan fingerprint density at radius 2 is 1.84 bits per heavy atom. The van der Waals surface area contributed by atoms with Crippen LogP contribution in [0.15, 0.2) is 34.9 Å². The van der Waals surface area contributed by atoms with E-state index in [0.717, 1.165) is 16.9 Å². The van der Waals surface area contributed by atoms with Crippen molar-refractivity contribution in [2.75, 3.05) is 25.5 Å². The molecule has 0 bridgehead atoms. The monoisotopic (exact) mass is 259 g/mol. The minimum Gasteiger partial charge on any atom is -0.444 e. The summed E-state index contributed by atoms with van der Waals surface area (Å²) >= 11 is 0. The van der Waals surface area contributed by atoms with Crippen LogP contribution in [-0.4, -0.2) is 25.6 Å². The molecular formula is C15H21N3O. The lowest BCUT2D eigenvalue weighted by Crippen LogP contribution is -2.28. The van der Waals surface area contributed by atoms with Gasteiger partial charge in [-0.3, -0.25) is 0 Å². The van der Waals surface area contributed by atoms with Crippen LogP contribution in [-0.2, 0) is 5.41 Å². The highest BCUT2D eigenvalue weighted by molar-refractivity contribution is 5.59. The third kappa shape index (κ3) is 2.79. The van der Waals surface area contributed by atoms with Crippen molar-refractivity contribution in [3.8, 4) is 11.5 Å². The van der Waals surface area contributed by atoms with Crippen molar-refractivity contribution in [3.05, 3.63) is 36.2 Å². The second-order valence-corrected chi connectivity index (χ2v) is 5.57. The van der Waals surface area contributed by atoms with Gasteiger partial charge in [-0.15, -0.1) is 0 Å². The number of oxazole rings is 1. The minimum atomic E-state index is -0.161. The maximum Gasteiger partial charge on any atom is 0.226 e. The molecule has 0 amide bonds. The number of benzene rings is 1. The van der Waals surface area contributed by atoms with Crippen LogP contribution in [0.2, 0.25) is 0 Å². The molecule has 1 aromatic carbocycles. The summed E-state index contributed by atoms with van der Waals surface area (Å²) in [7, 11) is 4.03. The summed E-state index contributed by atoms with van der Waals surface area (Å²) in [6.07, 6.45) is 1.70. The fourth-order valence-corrected chi connectivity index (χ4v) is 1.72. The summed E-state index contributed by atoms with van der Waals surface area (Å²) in [5.74, 6) is 0.641. The maximum absolute atomic E-state index is 5.75. The molecule has 2 N–H and O–H groups in total. The highest BCUT2D eigenvalue weighted by atomic mass is 16.3. The zero-order chi connectivity index (χ0) is 14.0. The minimum absolute atomic E-state index is 0.161. The van der Waals surface area contributed by atoms with Crippen molar-refractivity contribution < 1.29 is 4.42 Å². The molecule has 1 heterocycles. The second kappa shape index (κ2) is 5.05. The lowest BCUT2D eigenvalue weighted by atomic mass is 9.90. The Labute approximate surface area is 114 Å². The highest BCUT2D eigenvalue weighted by Gasteiger charge is 2.23. The topological polar surface area (TPSA) is 55.3 Å². The number of nitrogens with two attached hydrogens (primary N) is 1. The Morgan fingerprint density at radius 1 is 1.21 bits per heavy atom. The van der Waals surface area contributed by atoms with E-state index >= 15 is 0 Å². The lowest BCUT2D eigenvalue weighted by molar-refractivity contribution is 0.512. The number of anilines is 1. The molecule has 4 heteroatoms. The summed E-state index contributed by atoms with van der Waals surface area (Å²) in [6.45, 7) is 4.66. The molecule has 4 nitrogen and oxygen atoms in total. The zero-order valence-electron chi connectivity index (χ0n) is 12.0. The van der Waals surface area contributed by atoms with E-state index in [4.69, 9.17) is 10.2 Å². The molecule has 0 saturated heterocycles. The van der Waals surface area contributed by atoms with Gasteiger partial charge in [0.05, 0.1) is 5.69 Å².